The molecule has 3 N–H and O–H groups in total. The molecule has 9 heteroatoms. The van der Waals surface area contributed by atoms with Gasteiger partial charge in [-0.2, -0.15) is 0 Å². The highest BCUT2D eigenvalue weighted by molar-refractivity contribution is 9.11. The standard InChI is InChI=1S/C8H5Br3Cl2N2S.BrH/c9-3-2(1-16-8(14)15)4(10)7(13)5(11)6(3)12;/h1H2,(H3,14,15);1H. The van der Waals surface area contributed by atoms with Crippen molar-refractivity contribution in [2.45, 2.75) is 5.75 Å². The van der Waals surface area contributed by atoms with Crippen molar-refractivity contribution in [1.82, 2.24) is 0 Å². The van der Waals surface area contributed by atoms with Crippen LogP contribution >= 0.6 is 99.7 Å². The van der Waals surface area contributed by atoms with Crippen LogP contribution in [0.5, 0.6) is 0 Å². The van der Waals surface area contributed by atoms with Crippen molar-refractivity contribution in [1.29, 1.82) is 5.41 Å². The largest absolute Gasteiger partial charge is 0.379 e. The normalized spacial score (nSPS) is 9.94. The molecule has 0 aliphatic rings. The highest BCUT2D eigenvalue weighted by atomic mass is 79.9. The zero-order valence-corrected chi connectivity index (χ0v) is 16.8. The summed E-state index contributed by atoms with van der Waals surface area (Å²) < 4.78 is 2.11. The van der Waals surface area contributed by atoms with Gasteiger partial charge >= 0.3 is 0 Å². The van der Waals surface area contributed by atoms with E-state index in [2.05, 4.69) is 47.8 Å². The summed E-state index contributed by atoms with van der Waals surface area (Å²) in [4.78, 5) is 0. The van der Waals surface area contributed by atoms with Gasteiger partial charge in [-0.3, -0.25) is 5.41 Å². The molecule has 0 bridgehead atoms. The van der Waals surface area contributed by atoms with Gasteiger partial charge in [0, 0.05) is 14.7 Å². The van der Waals surface area contributed by atoms with E-state index in [1.54, 1.807) is 0 Å². The molecule has 0 spiro atoms. The zero-order valence-electron chi connectivity index (χ0n) is 7.99. The summed E-state index contributed by atoms with van der Waals surface area (Å²) in [6, 6.07) is 0. The third kappa shape index (κ3) is 4.54. The van der Waals surface area contributed by atoms with Gasteiger partial charge in [-0.05, 0) is 53.4 Å². The maximum absolute atomic E-state index is 7.17. The van der Waals surface area contributed by atoms with Crippen molar-refractivity contribution < 1.29 is 0 Å². The summed E-state index contributed by atoms with van der Waals surface area (Å²) in [5.41, 5.74) is 6.16. The molecule has 0 amide bonds. The molecule has 0 aliphatic heterocycles. The Hall–Kier alpha value is 1.54. The van der Waals surface area contributed by atoms with Crippen LogP contribution < -0.4 is 5.73 Å². The lowest BCUT2D eigenvalue weighted by Crippen LogP contribution is -2.04. The molecular formula is C8H6Br4Cl2N2S. The maximum atomic E-state index is 7.17. The highest BCUT2D eigenvalue weighted by Crippen LogP contribution is 2.45. The van der Waals surface area contributed by atoms with Crippen LogP contribution in [0.4, 0.5) is 0 Å². The van der Waals surface area contributed by atoms with Crippen LogP contribution in [0.1, 0.15) is 5.56 Å². The summed E-state index contributed by atoms with van der Waals surface area (Å²) >= 11 is 23.4. The van der Waals surface area contributed by atoms with E-state index >= 15 is 0 Å². The molecule has 96 valence electrons. The lowest BCUT2D eigenvalue weighted by molar-refractivity contribution is 1.34. The van der Waals surface area contributed by atoms with Crippen LogP contribution in [0.15, 0.2) is 13.4 Å². The maximum Gasteiger partial charge on any atom is 0.151 e. The van der Waals surface area contributed by atoms with E-state index in [0.29, 0.717) is 20.3 Å². The van der Waals surface area contributed by atoms with E-state index in [4.69, 9.17) is 34.3 Å². The molecule has 0 saturated heterocycles. The van der Waals surface area contributed by atoms with Crippen molar-refractivity contribution >= 4 is 105 Å². The monoisotopic (exact) mass is 548 g/mol. The Kier molecular flexibility index (Phi) is 8.69. The molecule has 0 heterocycles. The van der Waals surface area contributed by atoms with Gasteiger partial charge in [0.05, 0.1) is 14.5 Å². The quantitative estimate of drug-likeness (QED) is 0.205. The molecule has 17 heavy (non-hydrogen) atoms. The van der Waals surface area contributed by atoms with Crippen LogP contribution in [0.2, 0.25) is 10.0 Å². The first-order chi connectivity index (χ1) is 7.36. The SMILES string of the molecule is Br.N=C(N)SCc1c(Br)c(Cl)c(Br)c(Cl)c1Br. The van der Waals surface area contributed by atoms with Gasteiger partial charge in [0.25, 0.3) is 0 Å². The molecule has 1 rings (SSSR count). The summed E-state index contributed by atoms with van der Waals surface area (Å²) in [6.07, 6.45) is 0. The third-order valence-corrected chi connectivity index (χ3v) is 6.63. The van der Waals surface area contributed by atoms with E-state index in [9.17, 15) is 0 Å². The van der Waals surface area contributed by atoms with Crippen molar-refractivity contribution in [3.05, 3.63) is 29.0 Å². The minimum atomic E-state index is 0. The van der Waals surface area contributed by atoms with E-state index in [1.807, 2.05) is 0 Å². The van der Waals surface area contributed by atoms with Gasteiger partial charge in [0.15, 0.2) is 5.17 Å². The lowest BCUT2D eigenvalue weighted by Gasteiger charge is -2.12. The number of hydrogen-bond acceptors (Lipinski definition) is 2. The Bertz CT molecular complexity index is 427. The first kappa shape index (κ1) is 18.5. The number of hydrogen-bond donors (Lipinski definition) is 2. The Balaban J connectivity index is 0.00000256. The third-order valence-electron chi connectivity index (χ3n) is 1.67. The second kappa shape index (κ2) is 7.97. The number of benzene rings is 1. The molecule has 0 radical (unpaired) electrons. The Morgan fingerprint density at radius 1 is 1.12 bits per heavy atom. The first-order valence-corrected chi connectivity index (χ1v) is 7.95. The molecule has 0 aliphatic carbocycles. The number of nitrogens with two attached hydrogens (primary N) is 1. The van der Waals surface area contributed by atoms with E-state index in [0.717, 1.165) is 14.5 Å². The molecule has 0 fully saturated rings. The lowest BCUT2D eigenvalue weighted by atomic mass is 10.2. The topological polar surface area (TPSA) is 49.9 Å². The molecule has 1 aromatic rings. The number of halogens is 6. The van der Waals surface area contributed by atoms with E-state index in [1.165, 1.54) is 11.8 Å². The Morgan fingerprint density at radius 2 is 1.53 bits per heavy atom. The van der Waals surface area contributed by atoms with Gasteiger partial charge in [0.2, 0.25) is 0 Å². The zero-order chi connectivity index (χ0) is 12.5. The second-order valence-corrected chi connectivity index (χ2v) is 6.85. The molecule has 0 atom stereocenters. The van der Waals surface area contributed by atoms with Crippen molar-refractivity contribution in [2.75, 3.05) is 0 Å². The number of thioether (sulfide) groups is 1. The van der Waals surface area contributed by atoms with Crippen molar-refractivity contribution in [3.8, 4) is 0 Å². The summed E-state index contributed by atoms with van der Waals surface area (Å²) in [5.74, 6) is 0.517. The summed E-state index contributed by atoms with van der Waals surface area (Å²) in [5, 5.41) is 8.23. The Labute approximate surface area is 149 Å². The Morgan fingerprint density at radius 3 is 1.88 bits per heavy atom. The number of amidine groups is 1. The highest BCUT2D eigenvalue weighted by Gasteiger charge is 2.18. The van der Waals surface area contributed by atoms with Gasteiger partial charge in [0.1, 0.15) is 0 Å². The van der Waals surface area contributed by atoms with E-state index in [-0.39, 0.29) is 22.1 Å². The molecule has 2 nitrogen and oxygen atoms in total. The van der Waals surface area contributed by atoms with Crippen LogP contribution in [-0.2, 0) is 5.75 Å². The van der Waals surface area contributed by atoms with Crippen LogP contribution in [0.25, 0.3) is 0 Å². The molecular weight excluding hydrogens is 547 g/mol. The number of nitrogens with one attached hydrogen (secondary N) is 1. The fourth-order valence-corrected chi connectivity index (χ4v) is 4.62. The van der Waals surface area contributed by atoms with Crippen LogP contribution in [-0.4, -0.2) is 5.17 Å². The predicted molar refractivity (Wildman–Crippen MR) is 93.1 cm³/mol. The molecule has 0 saturated carbocycles. The van der Waals surface area contributed by atoms with Gasteiger partial charge in [-0.25, -0.2) is 0 Å². The first-order valence-electron chi connectivity index (χ1n) is 3.83. The fraction of sp³-hybridized carbons (Fsp3) is 0.125. The van der Waals surface area contributed by atoms with Gasteiger partial charge < -0.3 is 5.73 Å². The minimum absolute atomic E-state index is 0. The fourth-order valence-electron chi connectivity index (χ4n) is 0.927. The van der Waals surface area contributed by atoms with Crippen molar-refractivity contribution in [2.24, 2.45) is 5.73 Å². The van der Waals surface area contributed by atoms with Gasteiger partial charge in [-0.15, -0.1) is 17.0 Å². The average molecular weight is 553 g/mol. The van der Waals surface area contributed by atoms with Crippen LogP contribution in [0.3, 0.4) is 0 Å². The summed E-state index contributed by atoms with van der Waals surface area (Å²) in [6.45, 7) is 0. The smallest absolute Gasteiger partial charge is 0.151 e. The minimum Gasteiger partial charge on any atom is -0.379 e. The van der Waals surface area contributed by atoms with Gasteiger partial charge in [-0.1, -0.05) is 35.0 Å². The van der Waals surface area contributed by atoms with Crippen LogP contribution in [0, 0.1) is 5.41 Å². The second-order valence-electron chi connectivity index (χ2n) is 2.70. The molecule has 1 aromatic carbocycles. The molecule has 0 aromatic heterocycles. The summed E-state index contributed by atoms with van der Waals surface area (Å²) in [7, 11) is 0. The average Bonchev–Trinajstić information content (AvgIpc) is 2.23. The predicted octanol–water partition coefficient (Wildman–Crippen LogP) is 5.99. The van der Waals surface area contributed by atoms with E-state index < -0.39 is 0 Å². The number of rotatable bonds is 2. The van der Waals surface area contributed by atoms with Crippen molar-refractivity contribution in [3.63, 3.8) is 0 Å². The molecule has 0 unspecified atom stereocenters.